The number of rotatable bonds is 10. The van der Waals surface area contributed by atoms with E-state index < -0.39 is 23.8 Å². The molecular weight excluding hydrogens is 486 g/mol. The number of aromatic hydroxyl groups is 1. The van der Waals surface area contributed by atoms with E-state index >= 15 is 0 Å². The zero-order chi connectivity index (χ0) is 26.1. The molecule has 5 N–H and O–H groups in total. The third kappa shape index (κ3) is 7.71. The SMILES string of the molecule is O=C(NCc1cccc(O)c1)c1ccc(C(=O)N[C@@H](CCNC(=O)C2CCCCC2)C(=O)O)c(Cl)c1. The molecule has 0 spiro atoms. The Bertz CT molecular complexity index is 1120. The van der Waals surface area contributed by atoms with Crippen molar-refractivity contribution in [3.63, 3.8) is 0 Å². The zero-order valence-corrected chi connectivity index (χ0v) is 20.5. The van der Waals surface area contributed by atoms with Crippen LogP contribution in [0.2, 0.25) is 5.02 Å². The molecular formula is C26H30ClN3O6. The van der Waals surface area contributed by atoms with Crippen LogP contribution in [0.3, 0.4) is 0 Å². The smallest absolute Gasteiger partial charge is 0.326 e. The van der Waals surface area contributed by atoms with Crippen LogP contribution in [0, 0.1) is 5.92 Å². The minimum absolute atomic E-state index is 0.00718. The van der Waals surface area contributed by atoms with Crippen molar-refractivity contribution in [1.29, 1.82) is 0 Å². The third-order valence-corrected chi connectivity index (χ3v) is 6.46. The van der Waals surface area contributed by atoms with Gasteiger partial charge in [-0.3, -0.25) is 14.4 Å². The van der Waals surface area contributed by atoms with Gasteiger partial charge in [-0.2, -0.15) is 0 Å². The zero-order valence-electron chi connectivity index (χ0n) is 19.8. The van der Waals surface area contributed by atoms with Gasteiger partial charge in [-0.15, -0.1) is 0 Å². The molecule has 1 fully saturated rings. The van der Waals surface area contributed by atoms with Crippen molar-refractivity contribution >= 4 is 35.3 Å². The molecule has 0 aromatic heterocycles. The van der Waals surface area contributed by atoms with E-state index in [1.165, 1.54) is 30.3 Å². The molecule has 2 aromatic carbocycles. The van der Waals surface area contributed by atoms with E-state index in [2.05, 4.69) is 16.0 Å². The first-order valence-corrected chi connectivity index (χ1v) is 12.3. The van der Waals surface area contributed by atoms with Crippen molar-refractivity contribution in [3.05, 3.63) is 64.2 Å². The van der Waals surface area contributed by atoms with Gasteiger partial charge >= 0.3 is 5.97 Å². The molecule has 3 rings (SSSR count). The monoisotopic (exact) mass is 515 g/mol. The molecule has 3 amide bonds. The predicted octanol–water partition coefficient (Wildman–Crippen LogP) is 3.25. The molecule has 9 nitrogen and oxygen atoms in total. The number of carbonyl (C=O) groups excluding carboxylic acids is 3. The molecule has 0 bridgehead atoms. The molecule has 36 heavy (non-hydrogen) atoms. The van der Waals surface area contributed by atoms with Crippen molar-refractivity contribution in [1.82, 2.24) is 16.0 Å². The summed E-state index contributed by atoms with van der Waals surface area (Å²) in [5.74, 6) is -2.38. The first-order valence-electron chi connectivity index (χ1n) is 11.9. The van der Waals surface area contributed by atoms with Crippen LogP contribution in [-0.4, -0.2) is 46.5 Å². The second kappa shape index (κ2) is 12.9. The number of phenolic OH excluding ortho intramolecular Hbond substituents is 1. The summed E-state index contributed by atoms with van der Waals surface area (Å²) in [5.41, 5.74) is 0.954. The fourth-order valence-corrected chi connectivity index (χ4v) is 4.40. The number of hydrogen-bond acceptors (Lipinski definition) is 5. The van der Waals surface area contributed by atoms with Gasteiger partial charge in [0.05, 0.1) is 10.6 Å². The number of carboxylic acid groups (broad SMARTS) is 1. The van der Waals surface area contributed by atoms with Gasteiger partial charge in [-0.25, -0.2) is 4.79 Å². The van der Waals surface area contributed by atoms with Crippen molar-refractivity contribution in [2.24, 2.45) is 5.92 Å². The standard InChI is InChI=1S/C26H30ClN3O6/c27-21-14-18(24(33)29-15-16-5-4-8-19(31)13-16)9-10-20(21)25(34)30-22(26(35)36)11-12-28-23(32)17-6-2-1-3-7-17/h4-5,8-10,13-14,17,22,31H,1-3,6-7,11-12,15H2,(H,28,32)(H,29,33)(H,30,34)(H,35,36)/t22-/m0/s1. The molecule has 0 saturated heterocycles. The Morgan fingerprint density at radius 1 is 0.972 bits per heavy atom. The third-order valence-electron chi connectivity index (χ3n) is 6.15. The van der Waals surface area contributed by atoms with E-state index in [-0.39, 0.29) is 53.2 Å². The molecule has 0 aliphatic heterocycles. The van der Waals surface area contributed by atoms with Gasteiger partial charge in [0.2, 0.25) is 5.91 Å². The Morgan fingerprint density at radius 3 is 2.39 bits per heavy atom. The highest BCUT2D eigenvalue weighted by atomic mass is 35.5. The maximum Gasteiger partial charge on any atom is 0.326 e. The first kappa shape index (κ1) is 27.0. The summed E-state index contributed by atoms with van der Waals surface area (Å²) in [6, 6.07) is 9.35. The van der Waals surface area contributed by atoms with E-state index in [0.717, 1.165) is 32.1 Å². The summed E-state index contributed by atoms with van der Waals surface area (Å²) >= 11 is 6.22. The van der Waals surface area contributed by atoms with Crippen LogP contribution < -0.4 is 16.0 Å². The van der Waals surface area contributed by atoms with Crippen LogP contribution in [-0.2, 0) is 16.1 Å². The van der Waals surface area contributed by atoms with E-state index in [9.17, 15) is 29.4 Å². The highest BCUT2D eigenvalue weighted by Crippen LogP contribution is 2.23. The molecule has 1 aliphatic carbocycles. The number of nitrogens with one attached hydrogen (secondary N) is 3. The largest absolute Gasteiger partial charge is 0.508 e. The number of phenols is 1. The fraction of sp³-hybridized carbons (Fsp3) is 0.385. The van der Waals surface area contributed by atoms with Gasteiger partial charge in [0.25, 0.3) is 11.8 Å². The lowest BCUT2D eigenvalue weighted by molar-refractivity contribution is -0.139. The summed E-state index contributed by atoms with van der Waals surface area (Å²) in [6.07, 6.45) is 4.87. The highest BCUT2D eigenvalue weighted by Gasteiger charge is 2.24. The number of carbonyl (C=O) groups is 4. The van der Waals surface area contributed by atoms with Gasteiger partial charge < -0.3 is 26.2 Å². The molecule has 192 valence electrons. The van der Waals surface area contributed by atoms with Gasteiger partial charge in [0, 0.05) is 24.6 Å². The van der Waals surface area contributed by atoms with Gasteiger partial charge in [0.15, 0.2) is 0 Å². The lowest BCUT2D eigenvalue weighted by atomic mass is 9.88. The molecule has 10 heteroatoms. The number of carboxylic acids is 1. The summed E-state index contributed by atoms with van der Waals surface area (Å²) in [5, 5.41) is 26.9. The van der Waals surface area contributed by atoms with Crippen LogP contribution in [0.1, 0.15) is 64.8 Å². The van der Waals surface area contributed by atoms with Crippen molar-refractivity contribution in [3.8, 4) is 5.75 Å². The van der Waals surface area contributed by atoms with Crippen LogP contribution in [0.25, 0.3) is 0 Å². The topological polar surface area (TPSA) is 145 Å². The van der Waals surface area contributed by atoms with E-state index in [0.29, 0.717) is 5.56 Å². The van der Waals surface area contributed by atoms with E-state index in [1.807, 2.05) is 0 Å². The minimum Gasteiger partial charge on any atom is -0.508 e. The summed E-state index contributed by atoms with van der Waals surface area (Å²) in [6.45, 7) is 0.309. The maximum absolute atomic E-state index is 12.7. The Balaban J connectivity index is 1.53. The van der Waals surface area contributed by atoms with Gasteiger partial charge in [0.1, 0.15) is 11.8 Å². The number of amides is 3. The van der Waals surface area contributed by atoms with Crippen LogP contribution in [0.4, 0.5) is 0 Å². The summed E-state index contributed by atoms with van der Waals surface area (Å²) in [7, 11) is 0. The fourth-order valence-electron chi connectivity index (χ4n) is 4.13. The lowest BCUT2D eigenvalue weighted by Gasteiger charge is -2.21. The minimum atomic E-state index is -1.23. The van der Waals surface area contributed by atoms with E-state index in [4.69, 9.17) is 11.6 Å². The Kier molecular flexibility index (Phi) is 9.69. The predicted molar refractivity (Wildman–Crippen MR) is 134 cm³/mol. The molecule has 1 saturated carbocycles. The summed E-state index contributed by atoms with van der Waals surface area (Å²) in [4.78, 5) is 49.0. The first-order chi connectivity index (χ1) is 17.2. The lowest BCUT2D eigenvalue weighted by Crippen LogP contribution is -2.43. The number of aliphatic carboxylic acids is 1. The number of hydrogen-bond donors (Lipinski definition) is 5. The molecule has 1 aliphatic rings. The quantitative estimate of drug-likeness (QED) is 0.328. The van der Waals surface area contributed by atoms with Crippen molar-refractivity contribution < 1.29 is 29.4 Å². The highest BCUT2D eigenvalue weighted by molar-refractivity contribution is 6.34. The molecule has 0 radical (unpaired) electrons. The van der Waals surface area contributed by atoms with Gasteiger partial charge in [-0.1, -0.05) is 43.0 Å². The van der Waals surface area contributed by atoms with Crippen LogP contribution >= 0.6 is 11.6 Å². The summed E-state index contributed by atoms with van der Waals surface area (Å²) < 4.78 is 0. The normalized spacial score (nSPS) is 14.5. The second-order valence-electron chi connectivity index (χ2n) is 8.83. The maximum atomic E-state index is 12.7. The van der Waals surface area contributed by atoms with Crippen LogP contribution in [0.15, 0.2) is 42.5 Å². The molecule has 1 atom stereocenters. The van der Waals surface area contributed by atoms with Crippen molar-refractivity contribution in [2.75, 3.05) is 6.54 Å². The molecule has 0 heterocycles. The Morgan fingerprint density at radius 2 is 1.72 bits per heavy atom. The van der Waals surface area contributed by atoms with Crippen LogP contribution in [0.5, 0.6) is 5.75 Å². The average Bonchev–Trinajstić information content (AvgIpc) is 2.86. The van der Waals surface area contributed by atoms with Gasteiger partial charge in [-0.05, 0) is 55.2 Å². The number of benzene rings is 2. The average molecular weight is 516 g/mol. The molecule has 0 unspecified atom stereocenters. The second-order valence-corrected chi connectivity index (χ2v) is 9.23. The van der Waals surface area contributed by atoms with E-state index in [1.54, 1.807) is 12.1 Å². The number of halogens is 1. The Labute approximate surface area is 214 Å². The molecule has 2 aromatic rings. The van der Waals surface area contributed by atoms with Crippen molar-refractivity contribution in [2.45, 2.75) is 51.1 Å². The Hall–Kier alpha value is -3.59.